The summed E-state index contributed by atoms with van der Waals surface area (Å²) in [6.45, 7) is -0.360. The van der Waals surface area contributed by atoms with Gasteiger partial charge in [-0.1, -0.05) is 11.6 Å². The third-order valence-electron chi connectivity index (χ3n) is 3.67. The lowest BCUT2D eigenvalue weighted by Gasteiger charge is -2.15. The predicted molar refractivity (Wildman–Crippen MR) is 96.0 cm³/mol. The second-order valence-electron chi connectivity index (χ2n) is 5.56. The molecule has 2 N–H and O–H groups in total. The van der Waals surface area contributed by atoms with Crippen LogP contribution in [0, 0.1) is 0 Å². The molecule has 1 aromatic carbocycles. The van der Waals surface area contributed by atoms with Crippen LogP contribution in [-0.4, -0.2) is 50.8 Å². The Kier molecular flexibility index (Phi) is 5.40. The molecule has 0 unspecified atom stereocenters. The fourth-order valence-corrected chi connectivity index (χ4v) is 3.86. The Morgan fingerprint density at radius 1 is 1.44 bits per heavy atom. The fraction of sp³-hybridized carbons (Fsp3) is 0.250. The molecule has 1 aliphatic rings. The van der Waals surface area contributed by atoms with E-state index in [1.807, 2.05) is 0 Å². The first kappa shape index (κ1) is 19.2. The molecular weight excluding hydrogens is 398 g/mol. The lowest BCUT2D eigenvalue weighted by atomic mass is 10.2. The van der Waals surface area contributed by atoms with Gasteiger partial charge in [-0.25, -0.2) is 13.4 Å². The number of sulfonamides is 1. The normalized spacial score (nSPS) is 16.6. The molecule has 144 valence electrons. The summed E-state index contributed by atoms with van der Waals surface area (Å²) in [6.07, 6.45) is 1.21. The van der Waals surface area contributed by atoms with E-state index in [-0.39, 0.29) is 46.0 Å². The van der Waals surface area contributed by atoms with E-state index in [1.54, 1.807) is 0 Å². The van der Waals surface area contributed by atoms with Gasteiger partial charge in [0.1, 0.15) is 23.3 Å². The maximum absolute atomic E-state index is 12.7. The van der Waals surface area contributed by atoms with Crippen molar-refractivity contribution in [2.45, 2.75) is 10.9 Å². The van der Waals surface area contributed by atoms with Gasteiger partial charge >= 0.3 is 0 Å². The van der Waals surface area contributed by atoms with Crippen molar-refractivity contribution in [3.8, 4) is 11.6 Å². The van der Waals surface area contributed by atoms with Crippen LogP contribution in [-0.2, 0) is 10.0 Å². The van der Waals surface area contributed by atoms with Crippen LogP contribution >= 0.6 is 11.6 Å². The fourth-order valence-electron chi connectivity index (χ4n) is 2.39. The Morgan fingerprint density at radius 3 is 2.93 bits per heavy atom. The Labute approximate surface area is 160 Å². The van der Waals surface area contributed by atoms with E-state index in [0.29, 0.717) is 0 Å². The summed E-state index contributed by atoms with van der Waals surface area (Å²) in [5.74, 6) is -0.534. The zero-order chi connectivity index (χ0) is 19.6. The highest BCUT2D eigenvalue weighted by atomic mass is 35.5. The maximum atomic E-state index is 12.7. The highest BCUT2D eigenvalue weighted by Gasteiger charge is 2.22. The zero-order valence-corrected chi connectivity index (χ0v) is 15.6. The Balaban J connectivity index is 1.96. The number of anilines is 1. The van der Waals surface area contributed by atoms with E-state index in [4.69, 9.17) is 26.2 Å². The minimum Gasteiger partial charge on any atom is -0.858 e. The zero-order valence-electron chi connectivity index (χ0n) is 14.0. The van der Waals surface area contributed by atoms with E-state index in [9.17, 15) is 13.5 Å². The van der Waals surface area contributed by atoms with Gasteiger partial charge < -0.3 is 19.7 Å². The van der Waals surface area contributed by atoms with Crippen LogP contribution in [0.5, 0.6) is 11.6 Å². The number of aliphatic imine (C=N–C) groups is 1. The van der Waals surface area contributed by atoms with Gasteiger partial charge in [-0.2, -0.15) is 0 Å². The number of aliphatic hydroxyl groups excluding tert-OH is 1. The number of nitrogens with zero attached hydrogens (tertiary/aromatic N) is 2. The number of methoxy groups -OCH3 is 1. The minimum atomic E-state index is -4.07. The van der Waals surface area contributed by atoms with Crippen LogP contribution in [0.25, 0.3) is 0 Å². The van der Waals surface area contributed by atoms with E-state index in [1.165, 1.54) is 37.6 Å². The third kappa shape index (κ3) is 4.07. The smallest absolute Gasteiger partial charge is 0.265 e. The number of ether oxygens (including phenoxy) is 2. The number of halogens is 1. The van der Waals surface area contributed by atoms with E-state index in [2.05, 4.69) is 14.7 Å². The molecule has 0 saturated heterocycles. The second-order valence-corrected chi connectivity index (χ2v) is 7.65. The minimum absolute atomic E-state index is 0.00692. The van der Waals surface area contributed by atoms with Crippen LogP contribution in [0.15, 0.2) is 40.4 Å². The SMILES string of the molecule is COc1ccc(Cl)cc1S(=O)(=O)Nc1cnc2c(c1)C([O-])=N[C@@H](CO)CO2. The molecule has 0 fully saturated rings. The number of hydrogen-bond donors (Lipinski definition) is 2. The van der Waals surface area contributed by atoms with Gasteiger partial charge in [0.05, 0.1) is 25.6 Å². The summed E-state index contributed by atoms with van der Waals surface area (Å²) < 4.78 is 38.1. The number of pyridine rings is 1. The first-order valence-electron chi connectivity index (χ1n) is 7.69. The Bertz CT molecular complexity index is 996. The van der Waals surface area contributed by atoms with Gasteiger partial charge in [0.25, 0.3) is 10.0 Å². The molecule has 0 saturated carbocycles. The number of rotatable bonds is 5. The first-order chi connectivity index (χ1) is 12.8. The van der Waals surface area contributed by atoms with Gasteiger partial charge in [0.15, 0.2) is 0 Å². The van der Waals surface area contributed by atoms with Crippen molar-refractivity contribution in [3.63, 3.8) is 0 Å². The van der Waals surface area contributed by atoms with Gasteiger partial charge in [-0.15, -0.1) is 0 Å². The first-order valence-corrected chi connectivity index (χ1v) is 9.55. The average Bonchev–Trinajstić information content (AvgIpc) is 2.80. The van der Waals surface area contributed by atoms with E-state index >= 15 is 0 Å². The van der Waals surface area contributed by atoms with Crippen LogP contribution in [0.2, 0.25) is 5.02 Å². The van der Waals surface area contributed by atoms with Crippen LogP contribution in [0.3, 0.4) is 0 Å². The van der Waals surface area contributed by atoms with E-state index in [0.717, 1.165) is 0 Å². The summed E-state index contributed by atoms with van der Waals surface area (Å²) in [5, 5.41) is 21.6. The summed E-state index contributed by atoms with van der Waals surface area (Å²) in [5.41, 5.74) is 0.0228. The topological polar surface area (TPSA) is 133 Å². The summed E-state index contributed by atoms with van der Waals surface area (Å²) in [6, 6.07) is 4.73. The molecule has 0 spiro atoms. The van der Waals surface area contributed by atoms with Crippen molar-refractivity contribution in [1.29, 1.82) is 0 Å². The number of fused-ring (bicyclic) bond motifs is 1. The maximum Gasteiger partial charge on any atom is 0.265 e. The molecule has 11 heteroatoms. The molecular formula is C16H15ClN3O6S-. The second kappa shape index (κ2) is 7.59. The number of hydrogen-bond acceptors (Lipinski definition) is 8. The molecule has 2 aromatic rings. The number of aromatic nitrogens is 1. The van der Waals surface area contributed by atoms with Crippen molar-refractivity contribution in [2.24, 2.45) is 4.99 Å². The third-order valence-corrected chi connectivity index (χ3v) is 5.31. The molecule has 3 rings (SSSR count). The molecule has 1 aromatic heterocycles. The monoisotopic (exact) mass is 412 g/mol. The van der Waals surface area contributed by atoms with Crippen molar-refractivity contribution in [3.05, 3.63) is 41.0 Å². The lowest BCUT2D eigenvalue weighted by molar-refractivity contribution is -0.213. The molecule has 9 nitrogen and oxygen atoms in total. The molecule has 0 radical (unpaired) electrons. The van der Waals surface area contributed by atoms with Gasteiger partial charge in [0, 0.05) is 10.6 Å². The Hall–Kier alpha value is -2.56. The van der Waals surface area contributed by atoms with Crippen LogP contribution in [0.4, 0.5) is 5.69 Å². The standard InChI is InChI=1S/C16H16ClN3O6S/c1-25-13-3-2-9(17)4-14(13)27(23,24)20-10-5-12-15(22)19-11(7-21)8-26-16(12)18-6-10/h2-6,11,20-21H,7-8H2,1H3,(H,19,22)/p-1/t11-/m0/s1. The Morgan fingerprint density at radius 2 is 2.22 bits per heavy atom. The number of aliphatic hydroxyl groups is 1. The molecule has 2 heterocycles. The average molecular weight is 413 g/mol. The van der Waals surface area contributed by atoms with Crippen LogP contribution in [0.1, 0.15) is 5.56 Å². The summed E-state index contributed by atoms with van der Waals surface area (Å²) in [7, 11) is -2.73. The molecule has 0 aliphatic carbocycles. The summed E-state index contributed by atoms with van der Waals surface area (Å²) >= 11 is 5.89. The molecule has 0 amide bonds. The van der Waals surface area contributed by atoms with Crippen molar-refractivity contribution >= 4 is 33.2 Å². The number of nitrogens with one attached hydrogen (secondary N) is 1. The van der Waals surface area contributed by atoms with Gasteiger partial charge in [0.2, 0.25) is 5.88 Å². The quantitative estimate of drug-likeness (QED) is 0.726. The van der Waals surface area contributed by atoms with Gasteiger partial charge in [-0.3, -0.25) is 9.71 Å². The lowest BCUT2D eigenvalue weighted by Crippen LogP contribution is -2.24. The van der Waals surface area contributed by atoms with Crippen molar-refractivity contribution in [1.82, 2.24) is 4.98 Å². The van der Waals surface area contributed by atoms with E-state index < -0.39 is 22.0 Å². The summed E-state index contributed by atoms with van der Waals surface area (Å²) in [4.78, 5) is 7.60. The van der Waals surface area contributed by atoms with Gasteiger partial charge in [-0.05, 0) is 30.2 Å². The molecule has 1 aliphatic heterocycles. The van der Waals surface area contributed by atoms with Crippen molar-refractivity contribution in [2.75, 3.05) is 25.0 Å². The molecule has 0 bridgehead atoms. The molecule has 27 heavy (non-hydrogen) atoms. The predicted octanol–water partition coefficient (Wildman–Crippen LogP) is 0.405. The van der Waals surface area contributed by atoms with Crippen molar-refractivity contribution < 1.29 is 28.1 Å². The highest BCUT2D eigenvalue weighted by Crippen LogP contribution is 2.29. The highest BCUT2D eigenvalue weighted by molar-refractivity contribution is 7.92. The number of benzene rings is 1. The largest absolute Gasteiger partial charge is 0.858 e. The van der Waals surface area contributed by atoms with Crippen LogP contribution < -0.4 is 19.3 Å². The molecule has 1 atom stereocenters.